The van der Waals surface area contributed by atoms with Crippen molar-refractivity contribution in [3.8, 4) is 5.75 Å². The molecule has 0 aliphatic carbocycles. The lowest BCUT2D eigenvalue weighted by Crippen LogP contribution is -2.10. The van der Waals surface area contributed by atoms with Crippen molar-refractivity contribution in [3.63, 3.8) is 0 Å². The maximum absolute atomic E-state index is 13.6. The number of hydrogen-bond donors (Lipinski definition) is 1. The minimum atomic E-state index is -0.561. The number of hydrogen-bond acceptors (Lipinski definition) is 2. The number of ether oxygens (including phenoxy) is 1. The summed E-state index contributed by atoms with van der Waals surface area (Å²) in [6.07, 6.45) is 0. The topological polar surface area (TPSA) is 21.3 Å². The standard InChI is InChI=1S/C14H12Cl2FNO/c1-9-5-6-10(15)7-12(9)18-8-19-13-4-2-3-11(16)14(13)17/h2-7,18H,8H2,1H3. The van der Waals surface area contributed by atoms with Crippen LogP contribution in [0.15, 0.2) is 36.4 Å². The van der Waals surface area contributed by atoms with Crippen molar-refractivity contribution >= 4 is 28.9 Å². The SMILES string of the molecule is Cc1ccc(Cl)cc1NCOc1cccc(Cl)c1F. The first kappa shape index (κ1) is 14.0. The van der Waals surface area contributed by atoms with Gasteiger partial charge in [0.15, 0.2) is 18.3 Å². The molecule has 0 heterocycles. The Kier molecular flexibility index (Phi) is 4.51. The van der Waals surface area contributed by atoms with Crippen LogP contribution in [0.3, 0.4) is 0 Å². The monoisotopic (exact) mass is 299 g/mol. The predicted molar refractivity (Wildman–Crippen MR) is 76.7 cm³/mol. The highest BCUT2D eigenvalue weighted by Gasteiger charge is 2.07. The Hall–Kier alpha value is -1.45. The summed E-state index contributed by atoms with van der Waals surface area (Å²) in [7, 11) is 0. The van der Waals surface area contributed by atoms with Crippen molar-refractivity contribution in [2.24, 2.45) is 0 Å². The molecule has 0 aliphatic heterocycles. The van der Waals surface area contributed by atoms with E-state index in [1.807, 2.05) is 13.0 Å². The summed E-state index contributed by atoms with van der Waals surface area (Å²) in [5.41, 5.74) is 1.87. The van der Waals surface area contributed by atoms with Gasteiger partial charge in [0.1, 0.15) is 0 Å². The first-order chi connectivity index (χ1) is 9.08. The zero-order valence-electron chi connectivity index (χ0n) is 10.2. The van der Waals surface area contributed by atoms with Gasteiger partial charge in [0.25, 0.3) is 0 Å². The highest BCUT2D eigenvalue weighted by molar-refractivity contribution is 6.31. The molecular weight excluding hydrogens is 288 g/mol. The third-order valence-electron chi connectivity index (χ3n) is 2.61. The van der Waals surface area contributed by atoms with E-state index in [0.29, 0.717) is 5.02 Å². The van der Waals surface area contributed by atoms with Crippen molar-refractivity contribution in [2.75, 3.05) is 12.0 Å². The van der Waals surface area contributed by atoms with Gasteiger partial charge < -0.3 is 10.1 Å². The molecule has 0 fully saturated rings. The number of benzene rings is 2. The summed E-state index contributed by atoms with van der Waals surface area (Å²) in [5.74, 6) is -0.450. The van der Waals surface area contributed by atoms with E-state index < -0.39 is 5.82 Å². The molecule has 0 saturated carbocycles. The second-order valence-electron chi connectivity index (χ2n) is 3.98. The fourth-order valence-corrected chi connectivity index (χ4v) is 1.91. The van der Waals surface area contributed by atoms with Gasteiger partial charge in [-0.25, -0.2) is 4.39 Å². The van der Waals surface area contributed by atoms with E-state index in [-0.39, 0.29) is 17.5 Å². The van der Waals surface area contributed by atoms with Crippen molar-refractivity contribution in [2.45, 2.75) is 6.92 Å². The molecule has 0 radical (unpaired) electrons. The molecule has 100 valence electrons. The third-order valence-corrected chi connectivity index (χ3v) is 3.13. The van der Waals surface area contributed by atoms with E-state index in [9.17, 15) is 4.39 Å². The molecule has 0 bridgehead atoms. The van der Waals surface area contributed by atoms with Crippen molar-refractivity contribution < 1.29 is 9.13 Å². The van der Waals surface area contributed by atoms with Gasteiger partial charge in [-0.3, -0.25) is 0 Å². The number of rotatable bonds is 4. The van der Waals surface area contributed by atoms with Gasteiger partial charge >= 0.3 is 0 Å². The smallest absolute Gasteiger partial charge is 0.183 e. The molecule has 0 aliphatic rings. The first-order valence-corrected chi connectivity index (χ1v) is 6.40. The maximum atomic E-state index is 13.6. The average molecular weight is 300 g/mol. The third kappa shape index (κ3) is 3.52. The molecule has 0 aromatic heterocycles. The van der Waals surface area contributed by atoms with Crippen LogP contribution in [0.1, 0.15) is 5.56 Å². The Bertz CT molecular complexity index is 588. The van der Waals surface area contributed by atoms with E-state index >= 15 is 0 Å². The second-order valence-corrected chi connectivity index (χ2v) is 4.82. The lowest BCUT2D eigenvalue weighted by atomic mass is 10.2. The largest absolute Gasteiger partial charge is 0.470 e. The molecule has 2 rings (SSSR count). The molecule has 19 heavy (non-hydrogen) atoms. The summed E-state index contributed by atoms with van der Waals surface area (Å²) in [6.45, 7) is 2.07. The summed E-state index contributed by atoms with van der Waals surface area (Å²) in [6, 6.07) is 10.1. The van der Waals surface area contributed by atoms with E-state index in [1.165, 1.54) is 12.1 Å². The van der Waals surface area contributed by atoms with E-state index in [0.717, 1.165) is 11.3 Å². The van der Waals surface area contributed by atoms with Crippen LogP contribution in [0.5, 0.6) is 5.75 Å². The lowest BCUT2D eigenvalue weighted by Gasteiger charge is -2.12. The summed E-state index contributed by atoms with van der Waals surface area (Å²) < 4.78 is 18.9. The lowest BCUT2D eigenvalue weighted by molar-refractivity contribution is 0.327. The van der Waals surface area contributed by atoms with Gasteiger partial charge in [-0.1, -0.05) is 35.3 Å². The van der Waals surface area contributed by atoms with Gasteiger partial charge in [0.05, 0.1) is 5.02 Å². The molecule has 0 saturated heterocycles. The Morgan fingerprint density at radius 1 is 1.21 bits per heavy atom. The van der Waals surface area contributed by atoms with Crippen molar-refractivity contribution in [3.05, 3.63) is 57.8 Å². The fraction of sp³-hybridized carbons (Fsp3) is 0.143. The molecule has 0 spiro atoms. The van der Waals surface area contributed by atoms with Gasteiger partial charge in [0, 0.05) is 10.7 Å². The Labute approximate surface area is 121 Å². The van der Waals surface area contributed by atoms with Crippen LogP contribution in [0.25, 0.3) is 0 Å². The fourth-order valence-electron chi connectivity index (χ4n) is 1.57. The summed E-state index contributed by atoms with van der Waals surface area (Å²) in [5, 5.41) is 3.70. The van der Waals surface area contributed by atoms with Crippen LogP contribution < -0.4 is 10.1 Å². The number of nitrogens with one attached hydrogen (secondary N) is 1. The minimum Gasteiger partial charge on any atom is -0.470 e. The van der Waals surface area contributed by atoms with Gasteiger partial charge in [-0.15, -0.1) is 0 Å². The van der Waals surface area contributed by atoms with Crippen LogP contribution in [-0.4, -0.2) is 6.73 Å². The van der Waals surface area contributed by atoms with Crippen LogP contribution in [0, 0.1) is 12.7 Å². The zero-order valence-corrected chi connectivity index (χ0v) is 11.7. The Balaban J connectivity index is 2.00. The maximum Gasteiger partial charge on any atom is 0.183 e. The van der Waals surface area contributed by atoms with Crippen LogP contribution in [0.2, 0.25) is 10.0 Å². The number of halogens is 3. The second kappa shape index (κ2) is 6.13. The predicted octanol–water partition coefficient (Wildman–Crippen LogP) is 4.89. The zero-order chi connectivity index (χ0) is 13.8. The minimum absolute atomic E-state index is 0.0384. The van der Waals surface area contributed by atoms with Crippen LogP contribution in [0.4, 0.5) is 10.1 Å². The van der Waals surface area contributed by atoms with Gasteiger partial charge in [-0.2, -0.15) is 0 Å². The van der Waals surface area contributed by atoms with E-state index in [4.69, 9.17) is 27.9 Å². The van der Waals surface area contributed by atoms with E-state index in [1.54, 1.807) is 18.2 Å². The molecule has 1 N–H and O–H groups in total. The number of anilines is 1. The molecule has 0 amide bonds. The van der Waals surface area contributed by atoms with Crippen molar-refractivity contribution in [1.29, 1.82) is 0 Å². The quantitative estimate of drug-likeness (QED) is 0.812. The number of aryl methyl sites for hydroxylation is 1. The molecule has 0 unspecified atom stereocenters. The first-order valence-electron chi connectivity index (χ1n) is 5.65. The average Bonchev–Trinajstić information content (AvgIpc) is 2.38. The highest BCUT2D eigenvalue weighted by atomic mass is 35.5. The Morgan fingerprint density at radius 3 is 2.79 bits per heavy atom. The van der Waals surface area contributed by atoms with Gasteiger partial charge in [0.2, 0.25) is 0 Å². The van der Waals surface area contributed by atoms with Crippen LogP contribution in [-0.2, 0) is 0 Å². The van der Waals surface area contributed by atoms with Crippen molar-refractivity contribution in [1.82, 2.24) is 0 Å². The molecule has 2 nitrogen and oxygen atoms in total. The van der Waals surface area contributed by atoms with Crippen LogP contribution >= 0.6 is 23.2 Å². The molecule has 2 aromatic rings. The highest BCUT2D eigenvalue weighted by Crippen LogP contribution is 2.24. The summed E-state index contributed by atoms with van der Waals surface area (Å²) >= 11 is 11.6. The molecule has 5 heteroatoms. The summed E-state index contributed by atoms with van der Waals surface area (Å²) in [4.78, 5) is 0. The Morgan fingerprint density at radius 2 is 2.00 bits per heavy atom. The van der Waals surface area contributed by atoms with E-state index in [2.05, 4.69) is 5.32 Å². The molecule has 2 aromatic carbocycles. The normalized spacial score (nSPS) is 10.3. The molecular formula is C14H12Cl2FNO. The van der Waals surface area contributed by atoms with Gasteiger partial charge in [-0.05, 0) is 36.8 Å². The molecule has 0 atom stereocenters.